The molecule has 160 valence electrons. The SMILES string of the molecule is C=CCN1C(=O)[C@@H](CC(=O)Nc2ccccc2[N+](=O)[O-])SC1=Nc1ccc(C)c(Cl)c1. The van der Waals surface area contributed by atoms with Gasteiger partial charge in [0.1, 0.15) is 10.9 Å². The molecule has 3 rings (SSSR count). The van der Waals surface area contributed by atoms with Crippen LogP contribution in [-0.2, 0) is 9.59 Å². The van der Waals surface area contributed by atoms with E-state index in [2.05, 4.69) is 16.9 Å². The number of nitro groups is 1. The summed E-state index contributed by atoms with van der Waals surface area (Å²) in [6.07, 6.45) is 1.42. The molecule has 1 fully saturated rings. The van der Waals surface area contributed by atoms with Crippen LogP contribution in [0.1, 0.15) is 12.0 Å². The fraction of sp³-hybridized carbons (Fsp3) is 0.190. The summed E-state index contributed by atoms with van der Waals surface area (Å²) in [7, 11) is 0. The number of amides is 2. The normalized spacial score (nSPS) is 17.1. The second kappa shape index (κ2) is 9.76. The van der Waals surface area contributed by atoms with Crippen LogP contribution in [0.3, 0.4) is 0 Å². The predicted octanol–water partition coefficient (Wildman–Crippen LogP) is 4.70. The monoisotopic (exact) mass is 458 g/mol. The van der Waals surface area contributed by atoms with Crippen molar-refractivity contribution < 1.29 is 14.5 Å². The molecule has 1 saturated heterocycles. The van der Waals surface area contributed by atoms with E-state index in [9.17, 15) is 19.7 Å². The van der Waals surface area contributed by atoms with Crippen molar-refractivity contribution in [3.63, 3.8) is 0 Å². The molecular formula is C21H19ClN4O4S. The van der Waals surface area contributed by atoms with Crippen LogP contribution < -0.4 is 5.32 Å². The van der Waals surface area contributed by atoms with Crippen LogP contribution in [0.25, 0.3) is 0 Å². The Hall–Kier alpha value is -3.17. The van der Waals surface area contributed by atoms with Gasteiger partial charge >= 0.3 is 0 Å². The molecule has 1 heterocycles. The zero-order valence-electron chi connectivity index (χ0n) is 16.6. The number of rotatable bonds is 7. The molecule has 0 bridgehead atoms. The Balaban J connectivity index is 1.78. The highest BCUT2D eigenvalue weighted by atomic mass is 35.5. The Morgan fingerprint density at radius 2 is 2.13 bits per heavy atom. The second-order valence-electron chi connectivity index (χ2n) is 6.70. The minimum Gasteiger partial charge on any atom is -0.320 e. The van der Waals surface area contributed by atoms with Gasteiger partial charge in [0, 0.05) is 24.1 Å². The number of nitrogens with one attached hydrogen (secondary N) is 1. The molecule has 1 atom stereocenters. The van der Waals surface area contributed by atoms with E-state index in [1.807, 2.05) is 13.0 Å². The summed E-state index contributed by atoms with van der Waals surface area (Å²) < 4.78 is 0. The third kappa shape index (κ3) is 5.31. The molecular weight excluding hydrogens is 440 g/mol. The van der Waals surface area contributed by atoms with E-state index in [4.69, 9.17) is 11.6 Å². The van der Waals surface area contributed by atoms with Crippen molar-refractivity contribution in [1.29, 1.82) is 0 Å². The molecule has 1 aliphatic heterocycles. The number of halogens is 1. The summed E-state index contributed by atoms with van der Waals surface area (Å²) >= 11 is 7.32. The number of nitrogens with zero attached hydrogens (tertiary/aromatic N) is 3. The Bertz CT molecular complexity index is 1090. The van der Waals surface area contributed by atoms with Crippen molar-refractivity contribution in [3.05, 3.63) is 75.8 Å². The van der Waals surface area contributed by atoms with Gasteiger partial charge in [-0.3, -0.25) is 24.6 Å². The molecule has 2 aromatic rings. The number of benzene rings is 2. The molecule has 0 aromatic heterocycles. The van der Waals surface area contributed by atoms with Crippen LogP contribution in [0, 0.1) is 17.0 Å². The molecule has 1 aliphatic rings. The van der Waals surface area contributed by atoms with Gasteiger partial charge in [-0.15, -0.1) is 6.58 Å². The summed E-state index contributed by atoms with van der Waals surface area (Å²) in [5.74, 6) is -0.780. The van der Waals surface area contributed by atoms with Crippen molar-refractivity contribution in [3.8, 4) is 0 Å². The molecule has 31 heavy (non-hydrogen) atoms. The highest BCUT2D eigenvalue weighted by Gasteiger charge is 2.38. The lowest BCUT2D eigenvalue weighted by atomic mass is 10.2. The topological polar surface area (TPSA) is 105 Å². The van der Waals surface area contributed by atoms with Gasteiger partial charge in [-0.2, -0.15) is 0 Å². The summed E-state index contributed by atoms with van der Waals surface area (Å²) in [5, 5.41) is 13.9. The van der Waals surface area contributed by atoms with Crippen LogP contribution in [0.5, 0.6) is 0 Å². The lowest BCUT2D eigenvalue weighted by Gasteiger charge is -2.14. The number of carbonyl (C=O) groups is 2. The van der Waals surface area contributed by atoms with Gasteiger partial charge < -0.3 is 5.32 Å². The van der Waals surface area contributed by atoms with Crippen molar-refractivity contribution in [2.75, 3.05) is 11.9 Å². The number of hydrogen-bond donors (Lipinski definition) is 1. The second-order valence-corrected chi connectivity index (χ2v) is 8.28. The first-order valence-corrected chi connectivity index (χ1v) is 10.5. The van der Waals surface area contributed by atoms with E-state index in [1.165, 1.54) is 23.1 Å². The Morgan fingerprint density at radius 1 is 1.39 bits per heavy atom. The molecule has 10 heteroatoms. The van der Waals surface area contributed by atoms with E-state index < -0.39 is 16.1 Å². The number of nitro benzene ring substituents is 1. The van der Waals surface area contributed by atoms with Crippen LogP contribution >= 0.6 is 23.4 Å². The number of thioether (sulfide) groups is 1. The lowest BCUT2D eigenvalue weighted by molar-refractivity contribution is -0.383. The van der Waals surface area contributed by atoms with Crippen molar-refractivity contribution in [1.82, 2.24) is 4.90 Å². The molecule has 0 saturated carbocycles. The van der Waals surface area contributed by atoms with Gasteiger partial charge in [-0.05, 0) is 30.7 Å². The van der Waals surface area contributed by atoms with Crippen LogP contribution in [-0.4, -0.2) is 38.6 Å². The Morgan fingerprint density at radius 3 is 2.81 bits per heavy atom. The van der Waals surface area contributed by atoms with E-state index in [-0.39, 0.29) is 30.2 Å². The first-order chi connectivity index (χ1) is 14.8. The number of carbonyl (C=O) groups excluding carboxylic acids is 2. The zero-order valence-corrected chi connectivity index (χ0v) is 18.2. The first kappa shape index (κ1) is 22.5. The highest BCUT2D eigenvalue weighted by Crippen LogP contribution is 2.33. The van der Waals surface area contributed by atoms with E-state index in [1.54, 1.807) is 24.3 Å². The summed E-state index contributed by atoms with van der Waals surface area (Å²) in [6.45, 7) is 5.79. The van der Waals surface area contributed by atoms with Gasteiger partial charge in [0.05, 0.1) is 10.6 Å². The number of anilines is 1. The smallest absolute Gasteiger partial charge is 0.292 e. The summed E-state index contributed by atoms with van der Waals surface area (Å²) in [4.78, 5) is 41.9. The Labute approximate surface area is 188 Å². The number of aliphatic imine (C=N–C) groups is 1. The van der Waals surface area contributed by atoms with E-state index in [0.29, 0.717) is 15.9 Å². The van der Waals surface area contributed by atoms with Crippen molar-refractivity contribution in [2.45, 2.75) is 18.6 Å². The van der Waals surface area contributed by atoms with Crippen LogP contribution in [0.2, 0.25) is 5.02 Å². The third-order valence-corrected chi connectivity index (χ3v) is 6.04. The molecule has 0 spiro atoms. The minimum absolute atomic E-state index is 0.0825. The highest BCUT2D eigenvalue weighted by molar-refractivity contribution is 8.15. The minimum atomic E-state index is -0.706. The average molecular weight is 459 g/mol. The largest absolute Gasteiger partial charge is 0.320 e. The fourth-order valence-electron chi connectivity index (χ4n) is 2.89. The molecule has 0 radical (unpaired) electrons. The quantitative estimate of drug-likeness (QED) is 0.367. The summed E-state index contributed by atoms with van der Waals surface area (Å²) in [6, 6.07) is 11.2. The maximum atomic E-state index is 12.8. The lowest BCUT2D eigenvalue weighted by Crippen LogP contribution is -2.33. The van der Waals surface area contributed by atoms with Crippen LogP contribution in [0.4, 0.5) is 17.1 Å². The standard InChI is InChI=1S/C21H19ClN4O4S/c1-3-10-25-20(28)18(31-21(25)23-14-9-8-13(2)15(22)11-14)12-19(27)24-16-6-4-5-7-17(16)26(29)30/h3-9,11,18H,1,10,12H2,2H3,(H,24,27)/t18-/m1/s1. The Kier molecular flexibility index (Phi) is 7.09. The molecule has 8 nitrogen and oxygen atoms in total. The molecule has 2 amide bonds. The molecule has 1 N–H and O–H groups in total. The fourth-order valence-corrected chi connectivity index (χ4v) is 4.23. The van der Waals surface area contributed by atoms with Crippen LogP contribution in [0.15, 0.2) is 60.1 Å². The number of para-hydroxylation sites is 2. The zero-order chi connectivity index (χ0) is 22.5. The summed E-state index contributed by atoms with van der Waals surface area (Å²) in [5.41, 5.74) is 1.37. The molecule has 0 unspecified atom stereocenters. The molecule has 2 aromatic carbocycles. The number of amidine groups is 1. The van der Waals surface area contributed by atoms with Gasteiger partial charge in [-0.1, -0.05) is 47.6 Å². The predicted molar refractivity (Wildman–Crippen MR) is 123 cm³/mol. The van der Waals surface area contributed by atoms with Crippen molar-refractivity contribution >= 4 is 57.4 Å². The maximum Gasteiger partial charge on any atom is 0.292 e. The van der Waals surface area contributed by atoms with Crippen molar-refractivity contribution in [2.24, 2.45) is 4.99 Å². The van der Waals surface area contributed by atoms with Gasteiger partial charge in [-0.25, -0.2) is 4.99 Å². The van der Waals surface area contributed by atoms with Gasteiger partial charge in [0.15, 0.2) is 5.17 Å². The average Bonchev–Trinajstić information content (AvgIpc) is 3.00. The number of aryl methyl sites for hydroxylation is 1. The van der Waals surface area contributed by atoms with E-state index in [0.717, 1.165) is 17.3 Å². The first-order valence-electron chi connectivity index (χ1n) is 9.27. The molecule has 0 aliphatic carbocycles. The third-order valence-electron chi connectivity index (χ3n) is 4.46. The maximum absolute atomic E-state index is 12.8. The van der Waals surface area contributed by atoms with Gasteiger partial charge in [0.2, 0.25) is 11.8 Å². The van der Waals surface area contributed by atoms with E-state index >= 15 is 0 Å². The van der Waals surface area contributed by atoms with Gasteiger partial charge in [0.25, 0.3) is 5.69 Å². The number of hydrogen-bond acceptors (Lipinski definition) is 6.